The van der Waals surface area contributed by atoms with E-state index in [0.29, 0.717) is 12.2 Å². The first-order chi connectivity index (χ1) is 9.15. The van der Waals surface area contributed by atoms with Crippen LogP contribution in [0.3, 0.4) is 0 Å². The number of nitrogens with zero attached hydrogens (tertiary/aromatic N) is 1. The van der Waals surface area contributed by atoms with Crippen molar-refractivity contribution in [3.8, 4) is 0 Å². The van der Waals surface area contributed by atoms with Crippen molar-refractivity contribution >= 4 is 21.6 Å². The molecule has 19 heavy (non-hydrogen) atoms. The van der Waals surface area contributed by atoms with Gasteiger partial charge in [-0.3, -0.25) is 0 Å². The van der Waals surface area contributed by atoms with E-state index in [1.807, 2.05) is 42.3 Å². The van der Waals surface area contributed by atoms with Crippen LogP contribution >= 0.6 is 15.9 Å². The van der Waals surface area contributed by atoms with Gasteiger partial charge in [-0.1, -0.05) is 46.3 Å². The van der Waals surface area contributed by atoms with E-state index in [1.165, 1.54) is 6.07 Å². The summed E-state index contributed by atoms with van der Waals surface area (Å²) in [5.41, 5.74) is 7.48. The minimum atomic E-state index is -0.240. The van der Waals surface area contributed by atoms with Crippen LogP contribution in [0.4, 0.5) is 10.1 Å². The number of benzene rings is 2. The smallest absolute Gasteiger partial charge is 0.146 e. The Bertz CT molecular complexity index is 559. The highest BCUT2D eigenvalue weighted by Gasteiger charge is 2.20. The second kappa shape index (κ2) is 6.17. The molecular weight excluding hydrogens is 307 g/mol. The fraction of sp³-hybridized carbons (Fsp3) is 0.200. The molecule has 1 unspecified atom stereocenters. The summed E-state index contributed by atoms with van der Waals surface area (Å²) in [6, 6.07) is 14.5. The zero-order valence-corrected chi connectivity index (χ0v) is 12.3. The van der Waals surface area contributed by atoms with Crippen molar-refractivity contribution in [2.75, 3.05) is 18.5 Å². The van der Waals surface area contributed by atoms with Crippen LogP contribution in [0.1, 0.15) is 11.6 Å². The number of anilines is 1. The summed E-state index contributed by atoms with van der Waals surface area (Å²) in [7, 11) is 1.86. The average Bonchev–Trinajstić information content (AvgIpc) is 2.42. The minimum Gasteiger partial charge on any atom is -0.364 e. The first kappa shape index (κ1) is 14.0. The Hall–Kier alpha value is -1.39. The van der Waals surface area contributed by atoms with Gasteiger partial charge in [0.05, 0.1) is 11.7 Å². The van der Waals surface area contributed by atoms with Gasteiger partial charge in [0.1, 0.15) is 5.82 Å². The Labute approximate surface area is 121 Å². The van der Waals surface area contributed by atoms with Crippen LogP contribution in [0.5, 0.6) is 0 Å². The molecule has 2 aromatic rings. The molecule has 2 nitrogen and oxygen atoms in total. The highest BCUT2D eigenvalue weighted by atomic mass is 79.9. The molecule has 100 valence electrons. The number of hydrogen-bond acceptors (Lipinski definition) is 2. The lowest BCUT2D eigenvalue weighted by molar-refractivity contribution is 0.602. The maximum atomic E-state index is 13.9. The highest BCUT2D eigenvalue weighted by molar-refractivity contribution is 9.10. The van der Waals surface area contributed by atoms with Crippen molar-refractivity contribution in [3.05, 3.63) is 64.4 Å². The molecule has 0 heterocycles. The predicted octanol–water partition coefficient (Wildman–Crippen LogP) is 3.72. The first-order valence-corrected chi connectivity index (χ1v) is 6.86. The summed E-state index contributed by atoms with van der Waals surface area (Å²) >= 11 is 3.52. The minimum absolute atomic E-state index is 0.0764. The number of likely N-dealkylation sites (N-methyl/N-ethyl adjacent to an activating group) is 1. The van der Waals surface area contributed by atoms with Crippen molar-refractivity contribution in [1.29, 1.82) is 0 Å². The molecule has 4 heteroatoms. The summed E-state index contributed by atoms with van der Waals surface area (Å²) in [6.07, 6.45) is 0. The third-order valence-electron chi connectivity index (χ3n) is 3.19. The Morgan fingerprint density at radius 3 is 2.42 bits per heavy atom. The van der Waals surface area contributed by atoms with Crippen molar-refractivity contribution in [2.24, 2.45) is 5.73 Å². The van der Waals surface area contributed by atoms with Gasteiger partial charge in [-0.25, -0.2) is 4.39 Å². The standard InChI is InChI=1S/C15H16BrFN2/c1-19(14-9-5-4-8-13(14)17)15(10-18)11-6-2-3-7-12(11)16/h2-9,15H,10,18H2,1H3. The Morgan fingerprint density at radius 2 is 1.79 bits per heavy atom. The van der Waals surface area contributed by atoms with E-state index in [4.69, 9.17) is 5.73 Å². The largest absolute Gasteiger partial charge is 0.364 e. The zero-order chi connectivity index (χ0) is 13.8. The Kier molecular flexibility index (Phi) is 4.56. The first-order valence-electron chi connectivity index (χ1n) is 6.07. The van der Waals surface area contributed by atoms with Gasteiger partial charge in [0.2, 0.25) is 0 Å². The van der Waals surface area contributed by atoms with Crippen molar-refractivity contribution < 1.29 is 4.39 Å². The maximum Gasteiger partial charge on any atom is 0.146 e. The van der Waals surface area contributed by atoms with Crippen molar-refractivity contribution in [1.82, 2.24) is 0 Å². The van der Waals surface area contributed by atoms with Crippen LogP contribution < -0.4 is 10.6 Å². The van der Waals surface area contributed by atoms with E-state index in [-0.39, 0.29) is 11.9 Å². The van der Waals surface area contributed by atoms with E-state index in [0.717, 1.165) is 10.0 Å². The molecule has 0 fully saturated rings. The average molecular weight is 323 g/mol. The van der Waals surface area contributed by atoms with Gasteiger partial charge in [-0.15, -0.1) is 0 Å². The second-order valence-corrected chi connectivity index (χ2v) is 5.19. The molecule has 0 amide bonds. The molecule has 2 N–H and O–H groups in total. The van der Waals surface area contributed by atoms with Crippen LogP contribution in [0.15, 0.2) is 53.0 Å². The monoisotopic (exact) mass is 322 g/mol. The second-order valence-electron chi connectivity index (χ2n) is 4.34. The van der Waals surface area contributed by atoms with E-state index in [9.17, 15) is 4.39 Å². The van der Waals surface area contributed by atoms with Crippen molar-refractivity contribution in [3.63, 3.8) is 0 Å². The van der Waals surface area contributed by atoms with Crippen LogP contribution in [0, 0.1) is 5.82 Å². The number of rotatable bonds is 4. The molecule has 0 aliphatic rings. The molecule has 2 aromatic carbocycles. The van der Waals surface area contributed by atoms with Gasteiger partial charge in [0.15, 0.2) is 0 Å². The molecule has 0 radical (unpaired) electrons. The van der Waals surface area contributed by atoms with Gasteiger partial charge in [-0.2, -0.15) is 0 Å². The molecule has 0 spiro atoms. The lowest BCUT2D eigenvalue weighted by atomic mass is 10.1. The van der Waals surface area contributed by atoms with Crippen molar-refractivity contribution in [2.45, 2.75) is 6.04 Å². The molecular formula is C15H16BrFN2. The molecule has 0 saturated heterocycles. The lowest BCUT2D eigenvalue weighted by Gasteiger charge is -2.30. The van der Waals surface area contributed by atoms with E-state index < -0.39 is 0 Å². The van der Waals surface area contributed by atoms with Crippen LogP contribution in [-0.4, -0.2) is 13.6 Å². The summed E-state index contributed by atoms with van der Waals surface area (Å²) in [4.78, 5) is 1.87. The lowest BCUT2D eigenvalue weighted by Crippen LogP contribution is -2.31. The number of nitrogens with two attached hydrogens (primary N) is 1. The summed E-state index contributed by atoms with van der Waals surface area (Å²) < 4.78 is 14.8. The molecule has 0 aliphatic heterocycles. The van der Waals surface area contributed by atoms with Gasteiger partial charge in [0.25, 0.3) is 0 Å². The third kappa shape index (κ3) is 2.96. The van der Waals surface area contributed by atoms with Crippen LogP contribution in [0.25, 0.3) is 0 Å². The fourth-order valence-corrected chi connectivity index (χ4v) is 2.69. The number of para-hydroxylation sites is 1. The molecule has 1 atom stereocenters. The quantitative estimate of drug-likeness (QED) is 0.929. The van der Waals surface area contributed by atoms with E-state index in [1.54, 1.807) is 12.1 Å². The van der Waals surface area contributed by atoms with Gasteiger partial charge in [0, 0.05) is 18.1 Å². The zero-order valence-electron chi connectivity index (χ0n) is 10.7. The SMILES string of the molecule is CN(c1ccccc1F)C(CN)c1ccccc1Br. The fourth-order valence-electron chi connectivity index (χ4n) is 2.14. The van der Waals surface area contributed by atoms with Crippen LogP contribution in [0.2, 0.25) is 0 Å². The van der Waals surface area contributed by atoms with Crippen LogP contribution in [-0.2, 0) is 0 Å². The van der Waals surface area contributed by atoms with Gasteiger partial charge >= 0.3 is 0 Å². The molecule has 2 rings (SSSR count). The normalized spacial score (nSPS) is 12.2. The van der Waals surface area contributed by atoms with Gasteiger partial charge in [-0.05, 0) is 23.8 Å². The predicted molar refractivity (Wildman–Crippen MR) is 80.7 cm³/mol. The summed E-state index contributed by atoms with van der Waals surface area (Å²) in [5, 5.41) is 0. The summed E-state index contributed by atoms with van der Waals surface area (Å²) in [5.74, 6) is -0.240. The molecule has 0 aliphatic carbocycles. The van der Waals surface area contributed by atoms with E-state index >= 15 is 0 Å². The summed E-state index contributed by atoms with van der Waals surface area (Å²) in [6.45, 7) is 0.410. The Morgan fingerprint density at radius 1 is 1.16 bits per heavy atom. The molecule has 0 saturated carbocycles. The van der Waals surface area contributed by atoms with Gasteiger partial charge < -0.3 is 10.6 Å². The third-order valence-corrected chi connectivity index (χ3v) is 3.91. The topological polar surface area (TPSA) is 29.3 Å². The number of halogens is 2. The molecule has 0 bridgehead atoms. The number of hydrogen-bond donors (Lipinski definition) is 1. The molecule has 0 aromatic heterocycles. The maximum absolute atomic E-state index is 13.9. The highest BCUT2D eigenvalue weighted by Crippen LogP contribution is 2.30. The van der Waals surface area contributed by atoms with E-state index in [2.05, 4.69) is 15.9 Å². The Balaban J connectivity index is 2.38.